The molecule has 1 unspecified atom stereocenters. The lowest BCUT2D eigenvalue weighted by atomic mass is 10.0. The van der Waals surface area contributed by atoms with E-state index in [0.29, 0.717) is 0 Å². The molecular formula is C13H26ClN. The molecule has 0 aromatic heterocycles. The molecule has 0 amide bonds. The maximum Gasteiger partial charge on any atom is 0.0225 e. The average Bonchev–Trinajstić information content (AvgIpc) is 2.68. The molecule has 0 bridgehead atoms. The summed E-state index contributed by atoms with van der Waals surface area (Å²) in [6.45, 7) is 4.87. The molecule has 0 saturated heterocycles. The molecule has 0 aliphatic heterocycles. The molecule has 1 atom stereocenters. The minimum Gasteiger partial charge on any atom is -0.306 e. The smallest absolute Gasteiger partial charge is 0.0225 e. The van der Waals surface area contributed by atoms with E-state index in [4.69, 9.17) is 11.6 Å². The first-order valence-corrected chi connectivity index (χ1v) is 7.00. The van der Waals surface area contributed by atoms with Crippen LogP contribution in [0.5, 0.6) is 0 Å². The largest absolute Gasteiger partial charge is 0.306 e. The van der Waals surface area contributed by atoms with Gasteiger partial charge in [0.15, 0.2) is 0 Å². The van der Waals surface area contributed by atoms with E-state index in [0.717, 1.165) is 17.7 Å². The Morgan fingerprint density at radius 1 is 1.27 bits per heavy atom. The van der Waals surface area contributed by atoms with Crippen LogP contribution in [-0.2, 0) is 0 Å². The maximum atomic E-state index is 5.74. The van der Waals surface area contributed by atoms with E-state index in [1.807, 2.05) is 0 Å². The summed E-state index contributed by atoms with van der Waals surface area (Å²) in [6.07, 6.45) is 8.31. The van der Waals surface area contributed by atoms with Crippen molar-refractivity contribution < 1.29 is 0 Å². The molecule has 2 heteroatoms. The standard InChI is InChI=1S/C13H26ClN/c1-12(7-9-14)8-10-15(2)11-13-5-3-4-6-13/h12-13H,3-11H2,1-2H3. The number of alkyl halides is 1. The van der Waals surface area contributed by atoms with Gasteiger partial charge in [-0.15, -0.1) is 11.6 Å². The molecular weight excluding hydrogens is 206 g/mol. The van der Waals surface area contributed by atoms with Crippen LogP contribution < -0.4 is 0 Å². The zero-order chi connectivity index (χ0) is 11.1. The zero-order valence-corrected chi connectivity index (χ0v) is 11.1. The van der Waals surface area contributed by atoms with E-state index in [9.17, 15) is 0 Å². The molecule has 1 fully saturated rings. The van der Waals surface area contributed by atoms with Crippen molar-refractivity contribution in [1.82, 2.24) is 4.90 Å². The summed E-state index contributed by atoms with van der Waals surface area (Å²) < 4.78 is 0. The molecule has 1 saturated carbocycles. The molecule has 0 heterocycles. The Labute approximate surface area is 100 Å². The molecule has 1 aliphatic rings. The van der Waals surface area contributed by atoms with Crippen LogP contribution in [0.2, 0.25) is 0 Å². The summed E-state index contributed by atoms with van der Waals surface area (Å²) in [7, 11) is 2.27. The van der Waals surface area contributed by atoms with Gasteiger partial charge < -0.3 is 4.90 Å². The number of rotatable bonds is 7. The van der Waals surface area contributed by atoms with E-state index < -0.39 is 0 Å². The second-order valence-corrected chi connectivity index (χ2v) is 5.66. The highest BCUT2D eigenvalue weighted by molar-refractivity contribution is 6.17. The summed E-state index contributed by atoms with van der Waals surface area (Å²) in [4.78, 5) is 2.51. The highest BCUT2D eigenvalue weighted by Gasteiger charge is 2.16. The van der Waals surface area contributed by atoms with Gasteiger partial charge in [0, 0.05) is 12.4 Å². The Kier molecular flexibility index (Phi) is 6.67. The topological polar surface area (TPSA) is 3.24 Å². The van der Waals surface area contributed by atoms with Crippen LogP contribution in [0, 0.1) is 11.8 Å². The molecule has 90 valence electrons. The lowest BCUT2D eigenvalue weighted by Crippen LogP contribution is -2.26. The van der Waals surface area contributed by atoms with Gasteiger partial charge in [0.05, 0.1) is 0 Å². The summed E-state index contributed by atoms with van der Waals surface area (Å²) >= 11 is 5.74. The number of halogens is 1. The van der Waals surface area contributed by atoms with Crippen LogP contribution in [0.15, 0.2) is 0 Å². The molecule has 1 aliphatic carbocycles. The van der Waals surface area contributed by atoms with Crippen molar-refractivity contribution in [3.63, 3.8) is 0 Å². The predicted molar refractivity (Wildman–Crippen MR) is 68.6 cm³/mol. The Bertz CT molecular complexity index is 155. The van der Waals surface area contributed by atoms with E-state index in [1.165, 1.54) is 51.6 Å². The lowest BCUT2D eigenvalue weighted by Gasteiger charge is -2.22. The average molecular weight is 232 g/mol. The number of nitrogens with zero attached hydrogens (tertiary/aromatic N) is 1. The number of hydrogen-bond acceptors (Lipinski definition) is 1. The SMILES string of the molecule is CC(CCCl)CCN(C)CC1CCCC1. The quantitative estimate of drug-likeness (QED) is 0.603. The molecule has 0 aromatic rings. The van der Waals surface area contributed by atoms with E-state index in [-0.39, 0.29) is 0 Å². The Hall–Kier alpha value is 0.250. The van der Waals surface area contributed by atoms with Gasteiger partial charge in [-0.3, -0.25) is 0 Å². The molecule has 0 spiro atoms. The van der Waals surface area contributed by atoms with Gasteiger partial charge in [0.25, 0.3) is 0 Å². The summed E-state index contributed by atoms with van der Waals surface area (Å²) in [5.41, 5.74) is 0. The fraction of sp³-hybridized carbons (Fsp3) is 1.00. The Morgan fingerprint density at radius 2 is 1.93 bits per heavy atom. The van der Waals surface area contributed by atoms with Crippen molar-refractivity contribution in [2.75, 3.05) is 26.0 Å². The molecule has 0 aromatic carbocycles. The molecule has 0 radical (unpaired) electrons. The first-order chi connectivity index (χ1) is 7.22. The molecule has 1 rings (SSSR count). The van der Waals surface area contributed by atoms with Crippen LogP contribution in [0.3, 0.4) is 0 Å². The van der Waals surface area contributed by atoms with Gasteiger partial charge in [0.1, 0.15) is 0 Å². The zero-order valence-electron chi connectivity index (χ0n) is 10.3. The highest BCUT2D eigenvalue weighted by Crippen LogP contribution is 2.25. The van der Waals surface area contributed by atoms with Gasteiger partial charge in [0.2, 0.25) is 0 Å². The number of hydrogen-bond donors (Lipinski definition) is 0. The Morgan fingerprint density at radius 3 is 2.53 bits per heavy atom. The van der Waals surface area contributed by atoms with Crippen LogP contribution in [0.1, 0.15) is 45.4 Å². The van der Waals surface area contributed by atoms with Crippen LogP contribution in [0.25, 0.3) is 0 Å². The lowest BCUT2D eigenvalue weighted by molar-refractivity contribution is 0.259. The highest BCUT2D eigenvalue weighted by atomic mass is 35.5. The fourth-order valence-electron chi connectivity index (χ4n) is 2.50. The van der Waals surface area contributed by atoms with Crippen molar-refractivity contribution in [3.8, 4) is 0 Å². The summed E-state index contributed by atoms with van der Waals surface area (Å²) in [6, 6.07) is 0. The van der Waals surface area contributed by atoms with Crippen LogP contribution >= 0.6 is 11.6 Å². The molecule has 0 N–H and O–H groups in total. The third kappa shape index (κ3) is 5.77. The first kappa shape index (κ1) is 13.3. The first-order valence-electron chi connectivity index (χ1n) is 6.47. The normalized spacial score (nSPS) is 20.0. The van der Waals surface area contributed by atoms with Crippen molar-refractivity contribution in [2.24, 2.45) is 11.8 Å². The second-order valence-electron chi connectivity index (χ2n) is 5.28. The van der Waals surface area contributed by atoms with Crippen molar-refractivity contribution in [3.05, 3.63) is 0 Å². The van der Waals surface area contributed by atoms with Gasteiger partial charge >= 0.3 is 0 Å². The van der Waals surface area contributed by atoms with Crippen LogP contribution in [-0.4, -0.2) is 30.9 Å². The monoisotopic (exact) mass is 231 g/mol. The van der Waals surface area contributed by atoms with Gasteiger partial charge in [-0.05, 0) is 51.1 Å². The van der Waals surface area contributed by atoms with E-state index in [2.05, 4.69) is 18.9 Å². The third-order valence-electron chi connectivity index (χ3n) is 3.65. The second kappa shape index (κ2) is 7.51. The van der Waals surface area contributed by atoms with Crippen molar-refractivity contribution in [2.45, 2.75) is 45.4 Å². The van der Waals surface area contributed by atoms with E-state index in [1.54, 1.807) is 0 Å². The van der Waals surface area contributed by atoms with Gasteiger partial charge in [-0.25, -0.2) is 0 Å². The maximum absolute atomic E-state index is 5.74. The van der Waals surface area contributed by atoms with Gasteiger partial charge in [-0.1, -0.05) is 19.8 Å². The van der Waals surface area contributed by atoms with Gasteiger partial charge in [-0.2, -0.15) is 0 Å². The summed E-state index contributed by atoms with van der Waals surface area (Å²) in [5, 5.41) is 0. The third-order valence-corrected chi connectivity index (χ3v) is 3.87. The van der Waals surface area contributed by atoms with E-state index >= 15 is 0 Å². The summed E-state index contributed by atoms with van der Waals surface area (Å²) in [5.74, 6) is 2.58. The minimum atomic E-state index is 0.786. The predicted octanol–water partition coefficient (Wildman–Crippen LogP) is 3.76. The van der Waals surface area contributed by atoms with Crippen molar-refractivity contribution >= 4 is 11.6 Å². The molecule has 15 heavy (non-hydrogen) atoms. The van der Waals surface area contributed by atoms with Crippen molar-refractivity contribution in [1.29, 1.82) is 0 Å². The molecule has 1 nitrogen and oxygen atoms in total. The Balaban J connectivity index is 2.04. The van der Waals surface area contributed by atoms with Crippen LogP contribution in [0.4, 0.5) is 0 Å². The minimum absolute atomic E-state index is 0.786. The fourth-order valence-corrected chi connectivity index (χ4v) is 2.87.